The Morgan fingerprint density at radius 3 is 2.44 bits per heavy atom. The topological polar surface area (TPSA) is 79.3 Å². The molecule has 1 heterocycles. The minimum atomic E-state index is -1.12. The number of amides is 1. The first-order valence-electron chi connectivity index (χ1n) is 5.67. The third-order valence-corrected chi connectivity index (χ3v) is 2.65. The van der Waals surface area contributed by atoms with Gasteiger partial charge >= 0.3 is 5.97 Å². The summed E-state index contributed by atoms with van der Waals surface area (Å²) in [6.07, 6.45) is 3.16. The molecule has 0 saturated heterocycles. The number of aliphatic carboxylic acids is 1. The van der Waals surface area contributed by atoms with Gasteiger partial charge < -0.3 is 10.4 Å². The fraction of sp³-hybridized carbons (Fsp3) is 0.462. The molecule has 5 heteroatoms. The third-order valence-electron chi connectivity index (χ3n) is 2.65. The molecule has 0 saturated carbocycles. The Kier molecular flexibility index (Phi) is 4.06. The van der Waals surface area contributed by atoms with E-state index >= 15 is 0 Å². The Labute approximate surface area is 106 Å². The first kappa shape index (κ1) is 14.2. The maximum atomic E-state index is 12.0. The standard InChI is InChI=1S/C13H18N2O3/c1-8-7-14-6-5-9(8)15-11(16)10(12(17)18)13(2,3)4/h5-7,10H,1-4H3,(H,17,18)(H,14,15,16). The van der Waals surface area contributed by atoms with Crippen molar-refractivity contribution in [3.8, 4) is 0 Å². The van der Waals surface area contributed by atoms with E-state index in [0.29, 0.717) is 5.69 Å². The van der Waals surface area contributed by atoms with Gasteiger partial charge in [-0.1, -0.05) is 20.8 Å². The number of carboxylic acid groups (broad SMARTS) is 1. The van der Waals surface area contributed by atoms with E-state index in [1.807, 2.05) is 0 Å². The zero-order valence-electron chi connectivity index (χ0n) is 11.0. The van der Waals surface area contributed by atoms with Gasteiger partial charge in [0, 0.05) is 18.1 Å². The highest BCUT2D eigenvalue weighted by Crippen LogP contribution is 2.27. The van der Waals surface area contributed by atoms with Crippen molar-refractivity contribution >= 4 is 17.6 Å². The van der Waals surface area contributed by atoms with Crippen LogP contribution in [0.5, 0.6) is 0 Å². The minimum Gasteiger partial charge on any atom is -0.481 e. The first-order chi connectivity index (χ1) is 8.23. The second kappa shape index (κ2) is 5.16. The predicted octanol–water partition coefficient (Wildman–Crippen LogP) is 2.08. The molecule has 1 aromatic rings. The lowest BCUT2D eigenvalue weighted by atomic mass is 9.80. The number of carboxylic acids is 1. The van der Waals surface area contributed by atoms with Crippen LogP contribution in [0.3, 0.4) is 0 Å². The van der Waals surface area contributed by atoms with Crippen LogP contribution in [0.25, 0.3) is 0 Å². The van der Waals surface area contributed by atoms with E-state index in [1.165, 1.54) is 0 Å². The summed E-state index contributed by atoms with van der Waals surface area (Å²) in [5.41, 5.74) is 0.742. The van der Waals surface area contributed by atoms with Gasteiger partial charge in [0.05, 0.1) is 0 Å². The van der Waals surface area contributed by atoms with Crippen LogP contribution in [0.4, 0.5) is 5.69 Å². The number of aromatic nitrogens is 1. The fourth-order valence-electron chi connectivity index (χ4n) is 1.69. The number of anilines is 1. The van der Waals surface area contributed by atoms with Gasteiger partial charge in [0.25, 0.3) is 0 Å². The van der Waals surface area contributed by atoms with Crippen LogP contribution < -0.4 is 5.32 Å². The lowest BCUT2D eigenvalue weighted by Crippen LogP contribution is -2.39. The number of carbonyl (C=O) groups is 2. The van der Waals surface area contributed by atoms with Gasteiger partial charge in [0.15, 0.2) is 0 Å². The molecule has 0 radical (unpaired) electrons. The second-order valence-corrected chi connectivity index (χ2v) is 5.32. The van der Waals surface area contributed by atoms with Crippen LogP contribution in [-0.2, 0) is 9.59 Å². The summed E-state index contributed by atoms with van der Waals surface area (Å²) in [6, 6.07) is 1.65. The molecule has 1 rings (SSSR count). The average molecular weight is 250 g/mol. The number of rotatable bonds is 3. The van der Waals surface area contributed by atoms with Crippen LogP contribution in [0.15, 0.2) is 18.5 Å². The van der Waals surface area contributed by atoms with Gasteiger partial charge in [-0.05, 0) is 24.0 Å². The first-order valence-corrected chi connectivity index (χ1v) is 5.67. The van der Waals surface area contributed by atoms with E-state index in [1.54, 1.807) is 46.2 Å². The fourth-order valence-corrected chi connectivity index (χ4v) is 1.69. The summed E-state index contributed by atoms with van der Waals surface area (Å²) in [5, 5.41) is 11.8. The normalized spacial score (nSPS) is 12.9. The monoisotopic (exact) mass is 250 g/mol. The Bertz CT molecular complexity index is 464. The van der Waals surface area contributed by atoms with E-state index in [4.69, 9.17) is 5.11 Å². The number of nitrogens with zero attached hydrogens (tertiary/aromatic N) is 1. The maximum absolute atomic E-state index is 12.0. The second-order valence-electron chi connectivity index (χ2n) is 5.32. The molecule has 1 aromatic heterocycles. The molecule has 1 amide bonds. The van der Waals surface area contributed by atoms with Gasteiger partial charge in [0.1, 0.15) is 5.92 Å². The Balaban J connectivity index is 2.94. The van der Waals surface area contributed by atoms with E-state index in [-0.39, 0.29) is 0 Å². The summed E-state index contributed by atoms with van der Waals surface area (Å²) < 4.78 is 0. The summed E-state index contributed by atoms with van der Waals surface area (Å²) in [6.45, 7) is 6.98. The van der Waals surface area contributed by atoms with Crippen molar-refractivity contribution in [2.75, 3.05) is 5.32 Å². The smallest absolute Gasteiger partial charge is 0.316 e. The molecule has 5 nitrogen and oxygen atoms in total. The van der Waals surface area contributed by atoms with Crippen LogP contribution in [0.1, 0.15) is 26.3 Å². The molecule has 18 heavy (non-hydrogen) atoms. The molecule has 0 bridgehead atoms. The molecule has 98 valence electrons. The lowest BCUT2D eigenvalue weighted by molar-refractivity contribution is -0.149. The quantitative estimate of drug-likeness (QED) is 0.805. The van der Waals surface area contributed by atoms with Crippen LogP contribution in [0, 0.1) is 18.3 Å². The number of pyridine rings is 1. The van der Waals surface area contributed by atoms with Crippen LogP contribution >= 0.6 is 0 Å². The molecular weight excluding hydrogens is 232 g/mol. The summed E-state index contributed by atoms with van der Waals surface area (Å²) >= 11 is 0. The Morgan fingerprint density at radius 2 is 2.00 bits per heavy atom. The highest BCUT2D eigenvalue weighted by atomic mass is 16.4. The minimum absolute atomic E-state index is 0.510. The number of carbonyl (C=O) groups excluding carboxylic acids is 1. The molecule has 0 spiro atoms. The van der Waals surface area contributed by atoms with Crippen molar-refractivity contribution in [2.24, 2.45) is 11.3 Å². The van der Waals surface area contributed by atoms with Crippen LogP contribution in [-0.4, -0.2) is 22.0 Å². The molecule has 0 aliphatic rings. The van der Waals surface area contributed by atoms with Crippen molar-refractivity contribution in [1.82, 2.24) is 4.98 Å². The van der Waals surface area contributed by atoms with Crippen LogP contribution in [0.2, 0.25) is 0 Å². The van der Waals surface area contributed by atoms with Gasteiger partial charge in [-0.3, -0.25) is 14.6 Å². The molecule has 0 fully saturated rings. The van der Waals surface area contributed by atoms with Crippen molar-refractivity contribution in [3.05, 3.63) is 24.0 Å². The SMILES string of the molecule is Cc1cnccc1NC(=O)C(C(=O)O)C(C)(C)C. The van der Waals surface area contributed by atoms with Crippen molar-refractivity contribution in [3.63, 3.8) is 0 Å². The predicted molar refractivity (Wildman–Crippen MR) is 68.2 cm³/mol. The van der Waals surface area contributed by atoms with E-state index in [2.05, 4.69) is 10.3 Å². The third kappa shape index (κ3) is 3.29. The summed E-state index contributed by atoms with van der Waals surface area (Å²) in [4.78, 5) is 27.1. The molecule has 0 aliphatic heterocycles. The van der Waals surface area contributed by atoms with Crippen molar-refractivity contribution in [2.45, 2.75) is 27.7 Å². The zero-order chi connectivity index (χ0) is 13.9. The molecule has 2 N–H and O–H groups in total. The molecule has 0 aliphatic carbocycles. The van der Waals surface area contributed by atoms with E-state index in [0.717, 1.165) is 5.56 Å². The number of hydrogen-bond donors (Lipinski definition) is 2. The number of aryl methyl sites for hydroxylation is 1. The van der Waals surface area contributed by atoms with Gasteiger partial charge in [-0.15, -0.1) is 0 Å². The zero-order valence-corrected chi connectivity index (χ0v) is 11.0. The van der Waals surface area contributed by atoms with Gasteiger partial charge in [-0.25, -0.2) is 0 Å². The van der Waals surface area contributed by atoms with Crippen molar-refractivity contribution < 1.29 is 14.7 Å². The average Bonchev–Trinajstić information content (AvgIpc) is 2.18. The summed E-state index contributed by atoms with van der Waals surface area (Å²) in [7, 11) is 0. The largest absolute Gasteiger partial charge is 0.481 e. The Morgan fingerprint density at radius 1 is 1.39 bits per heavy atom. The number of hydrogen-bond acceptors (Lipinski definition) is 3. The van der Waals surface area contributed by atoms with Gasteiger partial charge in [-0.2, -0.15) is 0 Å². The van der Waals surface area contributed by atoms with Gasteiger partial charge in [0.2, 0.25) is 5.91 Å². The molecule has 0 aromatic carbocycles. The molecule has 1 atom stereocenters. The van der Waals surface area contributed by atoms with Crippen molar-refractivity contribution in [1.29, 1.82) is 0 Å². The summed E-state index contributed by atoms with van der Waals surface area (Å²) in [5.74, 6) is -2.72. The lowest BCUT2D eigenvalue weighted by Gasteiger charge is -2.26. The molecule has 1 unspecified atom stereocenters. The van der Waals surface area contributed by atoms with E-state index < -0.39 is 23.2 Å². The maximum Gasteiger partial charge on any atom is 0.316 e. The highest BCUT2D eigenvalue weighted by molar-refractivity contribution is 6.05. The Hall–Kier alpha value is -1.91. The highest BCUT2D eigenvalue weighted by Gasteiger charge is 2.37. The number of nitrogens with one attached hydrogen (secondary N) is 1. The van der Waals surface area contributed by atoms with E-state index in [9.17, 15) is 9.59 Å². The molecular formula is C13H18N2O3.